The van der Waals surface area contributed by atoms with E-state index in [1.807, 2.05) is 32.0 Å². The van der Waals surface area contributed by atoms with E-state index in [1.54, 1.807) is 23.0 Å². The van der Waals surface area contributed by atoms with Crippen molar-refractivity contribution < 1.29 is 4.79 Å². The summed E-state index contributed by atoms with van der Waals surface area (Å²) in [4.78, 5) is 16.4. The van der Waals surface area contributed by atoms with Crippen LogP contribution in [0.4, 0.5) is 5.82 Å². The molecule has 0 aliphatic carbocycles. The number of pyridine rings is 1. The molecule has 0 unspecified atom stereocenters. The topological polar surface area (TPSA) is 72.7 Å². The molecule has 0 radical (unpaired) electrons. The summed E-state index contributed by atoms with van der Waals surface area (Å²) in [7, 11) is 0. The van der Waals surface area contributed by atoms with Crippen LogP contribution >= 0.6 is 0 Å². The second-order valence-electron chi connectivity index (χ2n) is 4.73. The zero-order valence-corrected chi connectivity index (χ0v) is 11.9. The van der Waals surface area contributed by atoms with Crippen LogP contribution in [0.5, 0.6) is 0 Å². The number of anilines is 1. The molecule has 0 saturated heterocycles. The van der Waals surface area contributed by atoms with Crippen LogP contribution in [0, 0.1) is 6.92 Å². The smallest absolute Gasteiger partial charge is 0.256 e. The number of hydrogen-bond acceptors (Lipinski definition) is 4. The van der Waals surface area contributed by atoms with E-state index in [-0.39, 0.29) is 5.91 Å². The van der Waals surface area contributed by atoms with Gasteiger partial charge < -0.3 is 5.32 Å². The average molecular weight is 281 g/mol. The van der Waals surface area contributed by atoms with Gasteiger partial charge in [-0.2, -0.15) is 0 Å². The summed E-state index contributed by atoms with van der Waals surface area (Å²) in [6, 6.07) is 9.10. The van der Waals surface area contributed by atoms with E-state index >= 15 is 0 Å². The fourth-order valence-electron chi connectivity index (χ4n) is 2.14. The second kappa shape index (κ2) is 5.32. The third kappa shape index (κ3) is 2.47. The lowest BCUT2D eigenvalue weighted by molar-refractivity contribution is 0.102. The van der Waals surface area contributed by atoms with Gasteiger partial charge in [-0.1, -0.05) is 11.3 Å². The van der Waals surface area contributed by atoms with Crippen molar-refractivity contribution in [2.24, 2.45) is 0 Å². The highest BCUT2D eigenvalue weighted by atomic mass is 16.1. The summed E-state index contributed by atoms with van der Waals surface area (Å²) in [5.74, 6) is 0.365. The third-order valence-electron chi connectivity index (χ3n) is 3.32. The van der Waals surface area contributed by atoms with Crippen molar-refractivity contribution in [2.75, 3.05) is 5.32 Å². The van der Waals surface area contributed by atoms with Gasteiger partial charge in [0.05, 0.1) is 5.52 Å². The van der Waals surface area contributed by atoms with Gasteiger partial charge in [-0.3, -0.25) is 4.79 Å². The van der Waals surface area contributed by atoms with Crippen molar-refractivity contribution >= 4 is 22.8 Å². The molecule has 1 aromatic carbocycles. The molecule has 1 amide bonds. The van der Waals surface area contributed by atoms with Crippen LogP contribution in [0.25, 0.3) is 11.0 Å². The molecule has 0 saturated carbocycles. The van der Waals surface area contributed by atoms with Crippen LogP contribution in [0.1, 0.15) is 22.8 Å². The van der Waals surface area contributed by atoms with Gasteiger partial charge in [0.25, 0.3) is 5.91 Å². The highest BCUT2D eigenvalue weighted by Crippen LogP contribution is 2.16. The number of nitrogens with one attached hydrogen (secondary N) is 1. The Morgan fingerprint density at radius 3 is 2.95 bits per heavy atom. The maximum Gasteiger partial charge on any atom is 0.256 e. The standard InChI is InChI=1S/C15H15N5O/c1-3-20-13-7-6-11(9-12(13)18-19-20)15(21)17-14-10(2)5-4-8-16-14/h4-9H,3H2,1-2H3,(H,16,17,21). The number of amides is 1. The maximum absolute atomic E-state index is 12.3. The molecule has 6 nitrogen and oxygen atoms in total. The van der Waals surface area contributed by atoms with Crippen LogP contribution in [0.15, 0.2) is 36.5 Å². The van der Waals surface area contributed by atoms with E-state index in [1.165, 1.54) is 0 Å². The highest BCUT2D eigenvalue weighted by molar-refractivity contribution is 6.05. The van der Waals surface area contributed by atoms with E-state index in [0.29, 0.717) is 16.9 Å². The first-order valence-corrected chi connectivity index (χ1v) is 6.75. The van der Waals surface area contributed by atoms with Crippen LogP contribution in [-0.4, -0.2) is 25.9 Å². The Balaban J connectivity index is 1.90. The molecule has 0 spiro atoms. The zero-order valence-electron chi connectivity index (χ0n) is 11.9. The number of hydrogen-bond donors (Lipinski definition) is 1. The van der Waals surface area contributed by atoms with Gasteiger partial charge in [-0.15, -0.1) is 5.10 Å². The first kappa shape index (κ1) is 13.2. The lowest BCUT2D eigenvalue weighted by atomic mass is 10.2. The summed E-state index contributed by atoms with van der Waals surface area (Å²) in [6.45, 7) is 4.65. The average Bonchev–Trinajstić information content (AvgIpc) is 2.91. The number of rotatable bonds is 3. The molecule has 1 N–H and O–H groups in total. The van der Waals surface area contributed by atoms with E-state index in [2.05, 4.69) is 20.6 Å². The third-order valence-corrected chi connectivity index (χ3v) is 3.32. The number of benzene rings is 1. The van der Waals surface area contributed by atoms with E-state index in [0.717, 1.165) is 17.6 Å². The molecule has 0 aliphatic rings. The number of carbonyl (C=O) groups excluding carboxylic acids is 1. The van der Waals surface area contributed by atoms with E-state index in [4.69, 9.17) is 0 Å². The Bertz CT molecular complexity index is 809. The molecule has 3 rings (SSSR count). The van der Waals surface area contributed by atoms with E-state index < -0.39 is 0 Å². The molecule has 21 heavy (non-hydrogen) atoms. The largest absolute Gasteiger partial charge is 0.306 e. The predicted octanol–water partition coefficient (Wildman–Crippen LogP) is 2.41. The predicted molar refractivity (Wildman–Crippen MR) is 80.1 cm³/mol. The summed E-state index contributed by atoms with van der Waals surface area (Å²) in [5.41, 5.74) is 3.09. The maximum atomic E-state index is 12.3. The van der Waals surface area contributed by atoms with Gasteiger partial charge in [0, 0.05) is 18.3 Å². The minimum absolute atomic E-state index is 0.204. The monoisotopic (exact) mass is 281 g/mol. The van der Waals surface area contributed by atoms with Crippen molar-refractivity contribution in [1.29, 1.82) is 0 Å². The summed E-state index contributed by atoms with van der Waals surface area (Å²) >= 11 is 0. The SMILES string of the molecule is CCn1nnc2cc(C(=O)Nc3ncccc3C)ccc21. The van der Waals surface area contributed by atoms with Gasteiger partial charge in [0.1, 0.15) is 11.3 Å². The van der Waals surface area contributed by atoms with Crippen molar-refractivity contribution in [2.45, 2.75) is 20.4 Å². The molecule has 6 heteroatoms. The van der Waals surface area contributed by atoms with Crippen LogP contribution in [0.3, 0.4) is 0 Å². The molecule has 3 aromatic rings. The molecule has 2 aromatic heterocycles. The van der Waals surface area contributed by atoms with Crippen molar-refractivity contribution in [3.05, 3.63) is 47.7 Å². The quantitative estimate of drug-likeness (QED) is 0.800. The Morgan fingerprint density at radius 2 is 2.19 bits per heavy atom. The lowest BCUT2D eigenvalue weighted by Gasteiger charge is -2.06. The number of fused-ring (bicyclic) bond motifs is 1. The van der Waals surface area contributed by atoms with Crippen LogP contribution < -0.4 is 5.32 Å². The van der Waals surface area contributed by atoms with Gasteiger partial charge in [0.15, 0.2) is 0 Å². The van der Waals surface area contributed by atoms with Gasteiger partial charge in [0.2, 0.25) is 0 Å². The molecule has 2 heterocycles. The van der Waals surface area contributed by atoms with Crippen molar-refractivity contribution in [3.8, 4) is 0 Å². The molecule has 0 bridgehead atoms. The van der Waals surface area contributed by atoms with Gasteiger partial charge >= 0.3 is 0 Å². The first-order chi connectivity index (χ1) is 10.2. The minimum Gasteiger partial charge on any atom is -0.306 e. The normalized spacial score (nSPS) is 10.8. The fraction of sp³-hybridized carbons (Fsp3) is 0.200. The summed E-state index contributed by atoms with van der Waals surface area (Å²) in [5, 5.41) is 10.9. The van der Waals surface area contributed by atoms with Crippen LogP contribution in [0.2, 0.25) is 0 Å². The Morgan fingerprint density at radius 1 is 1.33 bits per heavy atom. The number of aromatic nitrogens is 4. The van der Waals surface area contributed by atoms with Crippen LogP contribution in [-0.2, 0) is 6.54 Å². The van der Waals surface area contributed by atoms with Crippen molar-refractivity contribution in [3.63, 3.8) is 0 Å². The number of aryl methyl sites for hydroxylation is 2. The Hall–Kier alpha value is -2.76. The van der Waals surface area contributed by atoms with Gasteiger partial charge in [-0.25, -0.2) is 9.67 Å². The second-order valence-corrected chi connectivity index (χ2v) is 4.73. The first-order valence-electron chi connectivity index (χ1n) is 6.75. The lowest BCUT2D eigenvalue weighted by Crippen LogP contribution is -2.13. The number of nitrogens with zero attached hydrogens (tertiary/aromatic N) is 4. The molecular weight excluding hydrogens is 266 g/mol. The molecular formula is C15H15N5O. The van der Waals surface area contributed by atoms with E-state index in [9.17, 15) is 4.79 Å². The Labute approximate surface area is 121 Å². The molecule has 0 fully saturated rings. The minimum atomic E-state index is -0.204. The highest BCUT2D eigenvalue weighted by Gasteiger charge is 2.11. The zero-order chi connectivity index (χ0) is 14.8. The number of carbonyl (C=O) groups is 1. The molecule has 0 atom stereocenters. The Kier molecular flexibility index (Phi) is 3.35. The summed E-state index contributed by atoms with van der Waals surface area (Å²) < 4.78 is 1.79. The molecule has 106 valence electrons. The van der Waals surface area contributed by atoms with Crippen molar-refractivity contribution in [1.82, 2.24) is 20.0 Å². The summed E-state index contributed by atoms with van der Waals surface area (Å²) in [6.07, 6.45) is 1.65. The van der Waals surface area contributed by atoms with Gasteiger partial charge in [-0.05, 0) is 43.7 Å². The molecule has 0 aliphatic heterocycles. The fourth-order valence-corrected chi connectivity index (χ4v) is 2.14.